The summed E-state index contributed by atoms with van der Waals surface area (Å²) in [4.78, 5) is -0.293. The fourth-order valence-electron chi connectivity index (χ4n) is 1.33. The Balaban J connectivity index is 2.36. The van der Waals surface area contributed by atoms with Crippen molar-refractivity contribution in [3.63, 3.8) is 0 Å². The van der Waals surface area contributed by atoms with Crippen LogP contribution < -0.4 is 4.18 Å². The lowest BCUT2D eigenvalue weighted by Crippen LogP contribution is -2.10. The standard InChI is InChI=1S/C12H7Cl2FO3S/c13-8-4-5-12(11(14)6-8)18-19(16,17)10-3-1-2-9(15)7-10/h1-7H. The van der Waals surface area contributed by atoms with E-state index in [1.54, 1.807) is 0 Å². The molecule has 0 aliphatic heterocycles. The fourth-order valence-corrected chi connectivity index (χ4v) is 2.80. The number of rotatable bonds is 3. The zero-order valence-corrected chi connectivity index (χ0v) is 11.6. The van der Waals surface area contributed by atoms with Gasteiger partial charge in [0.1, 0.15) is 10.7 Å². The van der Waals surface area contributed by atoms with Gasteiger partial charge in [0.15, 0.2) is 5.75 Å². The Morgan fingerprint density at radius 3 is 2.42 bits per heavy atom. The highest BCUT2D eigenvalue weighted by Crippen LogP contribution is 2.30. The van der Waals surface area contributed by atoms with Crippen molar-refractivity contribution in [3.05, 3.63) is 58.3 Å². The van der Waals surface area contributed by atoms with E-state index in [-0.39, 0.29) is 15.7 Å². The molecule has 0 N–H and O–H groups in total. The van der Waals surface area contributed by atoms with Crippen molar-refractivity contribution in [2.24, 2.45) is 0 Å². The van der Waals surface area contributed by atoms with E-state index in [2.05, 4.69) is 0 Å². The van der Waals surface area contributed by atoms with Gasteiger partial charge in [0.2, 0.25) is 0 Å². The molecule has 0 saturated carbocycles. The van der Waals surface area contributed by atoms with E-state index in [9.17, 15) is 12.8 Å². The van der Waals surface area contributed by atoms with Crippen molar-refractivity contribution < 1.29 is 17.0 Å². The van der Waals surface area contributed by atoms with Crippen LogP contribution in [0.4, 0.5) is 4.39 Å². The number of halogens is 3. The molecular formula is C12H7Cl2FO3S. The topological polar surface area (TPSA) is 43.4 Å². The fraction of sp³-hybridized carbons (Fsp3) is 0. The minimum Gasteiger partial charge on any atom is -0.377 e. The molecule has 2 aromatic rings. The molecular weight excluding hydrogens is 314 g/mol. The summed E-state index contributed by atoms with van der Waals surface area (Å²) in [5.41, 5.74) is 0. The first-order valence-electron chi connectivity index (χ1n) is 5.03. The van der Waals surface area contributed by atoms with Crippen LogP contribution in [0.15, 0.2) is 47.4 Å². The van der Waals surface area contributed by atoms with Crippen molar-refractivity contribution in [2.75, 3.05) is 0 Å². The van der Waals surface area contributed by atoms with Gasteiger partial charge in [0.05, 0.1) is 5.02 Å². The molecule has 0 atom stereocenters. The van der Waals surface area contributed by atoms with Crippen LogP contribution in [0.5, 0.6) is 5.75 Å². The molecule has 19 heavy (non-hydrogen) atoms. The van der Waals surface area contributed by atoms with E-state index in [4.69, 9.17) is 27.4 Å². The van der Waals surface area contributed by atoms with Crippen molar-refractivity contribution in [1.82, 2.24) is 0 Å². The van der Waals surface area contributed by atoms with Crippen LogP contribution in [-0.4, -0.2) is 8.42 Å². The first kappa shape index (κ1) is 14.1. The van der Waals surface area contributed by atoms with Crippen molar-refractivity contribution >= 4 is 33.3 Å². The molecule has 2 rings (SSSR count). The molecule has 7 heteroatoms. The first-order chi connectivity index (χ1) is 8.88. The molecule has 0 radical (unpaired) electrons. The Bertz CT molecular complexity index is 717. The largest absolute Gasteiger partial charge is 0.377 e. The number of benzene rings is 2. The van der Waals surface area contributed by atoms with Gasteiger partial charge >= 0.3 is 10.1 Å². The summed E-state index contributed by atoms with van der Waals surface area (Å²) in [5.74, 6) is -0.748. The summed E-state index contributed by atoms with van der Waals surface area (Å²) in [6.45, 7) is 0. The summed E-state index contributed by atoms with van der Waals surface area (Å²) in [6, 6.07) is 8.59. The summed E-state index contributed by atoms with van der Waals surface area (Å²) in [5, 5.41) is 0.396. The maximum Gasteiger partial charge on any atom is 0.339 e. The van der Waals surface area contributed by atoms with Gasteiger partial charge in [0.25, 0.3) is 0 Å². The smallest absolute Gasteiger partial charge is 0.339 e. The zero-order chi connectivity index (χ0) is 14.0. The highest BCUT2D eigenvalue weighted by molar-refractivity contribution is 7.87. The minimum atomic E-state index is -4.14. The van der Waals surface area contributed by atoms with Gasteiger partial charge in [-0.1, -0.05) is 29.3 Å². The second-order valence-electron chi connectivity index (χ2n) is 3.57. The van der Waals surface area contributed by atoms with Gasteiger partial charge in [-0.25, -0.2) is 4.39 Å². The molecule has 0 amide bonds. The zero-order valence-electron chi connectivity index (χ0n) is 9.31. The van der Waals surface area contributed by atoms with Crippen LogP contribution in [0.2, 0.25) is 10.0 Å². The highest BCUT2D eigenvalue weighted by atomic mass is 35.5. The predicted octanol–water partition coefficient (Wildman–Crippen LogP) is 3.90. The third-order valence-electron chi connectivity index (χ3n) is 2.18. The van der Waals surface area contributed by atoms with E-state index < -0.39 is 15.9 Å². The van der Waals surface area contributed by atoms with Gasteiger partial charge < -0.3 is 4.18 Å². The van der Waals surface area contributed by atoms with Gasteiger partial charge in [-0.05, 0) is 36.4 Å². The lowest BCUT2D eigenvalue weighted by atomic mass is 10.3. The lowest BCUT2D eigenvalue weighted by Gasteiger charge is -2.08. The van der Waals surface area contributed by atoms with Gasteiger partial charge in [-0.2, -0.15) is 8.42 Å². The number of hydrogen-bond donors (Lipinski definition) is 0. The second kappa shape index (κ2) is 5.36. The van der Waals surface area contributed by atoms with E-state index in [1.165, 1.54) is 30.3 Å². The predicted molar refractivity (Wildman–Crippen MR) is 70.7 cm³/mol. The molecule has 0 aromatic heterocycles. The third-order valence-corrected chi connectivity index (χ3v) is 3.94. The SMILES string of the molecule is O=S(=O)(Oc1ccc(Cl)cc1Cl)c1cccc(F)c1. The van der Waals surface area contributed by atoms with Crippen LogP contribution in [-0.2, 0) is 10.1 Å². The molecule has 0 fully saturated rings. The maximum atomic E-state index is 13.0. The van der Waals surface area contributed by atoms with E-state index in [0.29, 0.717) is 5.02 Å². The van der Waals surface area contributed by atoms with Crippen LogP contribution in [0.25, 0.3) is 0 Å². The molecule has 0 unspecified atom stereocenters. The average molecular weight is 321 g/mol. The van der Waals surface area contributed by atoms with Crippen LogP contribution in [0, 0.1) is 5.82 Å². The number of hydrogen-bond acceptors (Lipinski definition) is 3. The minimum absolute atomic E-state index is 0.0486. The monoisotopic (exact) mass is 320 g/mol. The normalized spacial score (nSPS) is 11.3. The Morgan fingerprint density at radius 1 is 1.05 bits per heavy atom. The Hall–Kier alpha value is -1.30. The lowest BCUT2D eigenvalue weighted by molar-refractivity contribution is 0.485. The van der Waals surface area contributed by atoms with Crippen LogP contribution in [0.3, 0.4) is 0 Å². The van der Waals surface area contributed by atoms with Gasteiger partial charge in [0, 0.05) is 5.02 Å². The molecule has 100 valence electrons. The first-order valence-corrected chi connectivity index (χ1v) is 7.20. The van der Waals surface area contributed by atoms with E-state index in [1.807, 2.05) is 0 Å². The summed E-state index contributed by atoms with van der Waals surface area (Å²) >= 11 is 11.5. The van der Waals surface area contributed by atoms with Gasteiger partial charge in [-0.3, -0.25) is 0 Å². The average Bonchev–Trinajstić information content (AvgIpc) is 2.33. The van der Waals surface area contributed by atoms with Crippen LogP contribution in [0.1, 0.15) is 0 Å². The quantitative estimate of drug-likeness (QED) is 0.805. The molecule has 0 saturated heterocycles. The summed E-state index contributed by atoms with van der Waals surface area (Å²) < 4.78 is 41.7. The van der Waals surface area contributed by atoms with E-state index >= 15 is 0 Å². The Morgan fingerprint density at radius 2 is 1.79 bits per heavy atom. The second-order valence-corrected chi connectivity index (χ2v) is 5.96. The maximum absolute atomic E-state index is 13.0. The molecule has 0 bridgehead atoms. The molecule has 0 spiro atoms. The molecule has 3 nitrogen and oxygen atoms in total. The van der Waals surface area contributed by atoms with Crippen LogP contribution >= 0.6 is 23.2 Å². The highest BCUT2D eigenvalue weighted by Gasteiger charge is 2.18. The summed E-state index contributed by atoms with van der Waals surface area (Å²) in [6.07, 6.45) is 0. The molecule has 0 aliphatic rings. The third kappa shape index (κ3) is 3.37. The van der Waals surface area contributed by atoms with E-state index in [0.717, 1.165) is 12.1 Å². The Labute approximate surface area is 119 Å². The molecule has 0 aliphatic carbocycles. The molecule has 0 heterocycles. The van der Waals surface area contributed by atoms with Crippen molar-refractivity contribution in [1.29, 1.82) is 0 Å². The molecule has 2 aromatic carbocycles. The van der Waals surface area contributed by atoms with Crippen molar-refractivity contribution in [3.8, 4) is 5.75 Å². The summed E-state index contributed by atoms with van der Waals surface area (Å²) in [7, 11) is -4.14. The van der Waals surface area contributed by atoms with Crippen molar-refractivity contribution in [2.45, 2.75) is 4.90 Å². The van der Waals surface area contributed by atoms with Gasteiger partial charge in [-0.15, -0.1) is 0 Å². The Kier molecular flexibility index (Phi) is 3.99.